The zero-order valence-corrected chi connectivity index (χ0v) is 17.7. The predicted octanol–water partition coefficient (Wildman–Crippen LogP) is 5.89. The van der Waals surface area contributed by atoms with Crippen LogP contribution >= 0.6 is 23.1 Å². The molecule has 148 valence electrons. The number of nitrogens with one attached hydrogen (secondary N) is 1. The highest BCUT2D eigenvalue weighted by atomic mass is 32.2. The molecule has 1 N–H and O–H groups in total. The van der Waals surface area contributed by atoms with Crippen LogP contribution in [-0.4, -0.2) is 16.1 Å². The summed E-state index contributed by atoms with van der Waals surface area (Å²) < 4.78 is 20.2. The summed E-state index contributed by atoms with van der Waals surface area (Å²) in [6.07, 6.45) is 0. The zero-order chi connectivity index (χ0) is 20.5. The first-order chi connectivity index (χ1) is 13.9. The number of amides is 1. The average molecular weight is 428 g/mol. The molecule has 0 saturated carbocycles. The van der Waals surface area contributed by atoms with Gasteiger partial charge in [0.25, 0.3) is 5.91 Å². The molecule has 4 aromatic rings. The van der Waals surface area contributed by atoms with E-state index in [9.17, 15) is 9.18 Å². The van der Waals surface area contributed by atoms with E-state index in [1.54, 1.807) is 18.2 Å². The number of hydrogen-bond donors (Lipinski definition) is 1. The fraction of sp³-hybridized carbons (Fsp3) is 0.190. The topological polar surface area (TPSA) is 68.0 Å². The van der Waals surface area contributed by atoms with Crippen molar-refractivity contribution in [3.05, 3.63) is 70.2 Å². The number of fused-ring (bicyclic) bond motifs is 1. The number of hydrogen-bond acceptors (Lipinski definition) is 6. The second kappa shape index (κ2) is 7.96. The zero-order valence-electron chi connectivity index (χ0n) is 16.1. The van der Waals surface area contributed by atoms with Crippen molar-refractivity contribution in [2.24, 2.45) is 0 Å². The minimum atomic E-state index is -0.363. The number of carbonyl (C=O) groups is 1. The third-order valence-electron chi connectivity index (χ3n) is 4.51. The number of halogens is 1. The highest BCUT2D eigenvalue weighted by molar-refractivity contribution is 8.00. The highest BCUT2D eigenvalue weighted by Gasteiger charge is 2.20. The standard InChI is InChI=1S/C21H18FN3O2S2/c1-11-8-12(2)17-15(9-11)13(3)18(27-17)19(26)23-20-24-25-21(29-20)28-10-14-6-4-5-7-16(14)22/h4-9H,10H2,1-3H3,(H,23,24,26). The maximum atomic E-state index is 13.7. The lowest BCUT2D eigenvalue weighted by atomic mass is 10.1. The van der Waals surface area contributed by atoms with Gasteiger partial charge in [-0.05, 0) is 49.6 Å². The number of aryl methyl sites for hydroxylation is 3. The lowest BCUT2D eigenvalue weighted by Gasteiger charge is -2.00. The van der Waals surface area contributed by atoms with Gasteiger partial charge in [0.1, 0.15) is 11.4 Å². The molecular formula is C21H18FN3O2S2. The van der Waals surface area contributed by atoms with Crippen molar-refractivity contribution in [3.63, 3.8) is 0 Å². The molecule has 0 unspecified atom stereocenters. The summed E-state index contributed by atoms with van der Waals surface area (Å²) in [7, 11) is 0. The van der Waals surface area contributed by atoms with E-state index in [0.717, 1.165) is 27.7 Å². The molecule has 0 radical (unpaired) electrons. The molecule has 2 heterocycles. The number of benzene rings is 2. The van der Waals surface area contributed by atoms with Crippen LogP contribution in [0.4, 0.5) is 9.52 Å². The number of anilines is 1. The SMILES string of the molecule is Cc1cc(C)c2oc(C(=O)Nc3nnc(SCc4ccccc4F)s3)c(C)c2c1. The van der Waals surface area contributed by atoms with E-state index in [1.165, 1.54) is 29.2 Å². The number of thioether (sulfide) groups is 1. The lowest BCUT2D eigenvalue weighted by molar-refractivity contribution is 0.0998. The van der Waals surface area contributed by atoms with Crippen LogP contribution in [0.25, 0.3) is 11.0 Å². The molecule has 0 aliphatic rings. The van der Waals surface area contributed by atoms with Crippen LogP contribution in [0.1, 0.15) is 32.8 Å². The molecule has 0 atom stereocenters. The Kier molecular flexibility index (Phi) is 5.38. The first-order valence-corrected chi connectivity index (χ1v) is 10.7. The van der Waals surface area contributed by atoms with Gasteiger partial charge >= 0.3 is 0 Å². The molecule has 0 spiro atoms. The second-order valence-electron chi connectivity index (χ2n) is 6.72. The lowest BCUT2D eigenvalue weighted by Crippen LogP contribution is -2.11. The Bertz CT molecular complexity index is 1220. The Morgan fingerprint density at radius 2 is 2.00 bits per heavy atom. The Morgan fingerprint density at radius 3 is 2.79 bits per heavy atom. The van der Waals surface area contributed by atoms with Gasteiger partial charge < -0.3 is 4.42 Å². The molecule has 0 fully saturated rings. The van der Waals surface area contributed by atoms with Crippen molar-refractivity contribution >= 4 is 45.1 Å². The molecule has 4 rings (SSSR count). The Balaban J connectivity index is 1.48. The second-order valence-corrected chi connectivity index (χ2v) is 8.92. The molecule has 0 bridgehead atoms. The van der Waals surface area contributed by atoms with Crippen LogP contribution in [-0.2, 0) is 5.75 Å². The molecule has 1 amide bonds. The fourth-order valence-corrected chi connectivity index (χ4v) is 4.85. The van der Waals surface area contributed by atoms with Gasteiger partial charge in [-0.1, -0.05) is 47.4 Å². The van der Waals surface area contributed by atoms with Crippen LogP contribution in [0.15, 0.2) is 45.2 Å². The summed E-state index contributed by atoms with van der Waals surface area (Å²) in [6, 6.07) is 10.7. The van der Waals surface area contributed by atoms with Crippen molar-refractivity contribution in [2.45, 2.75) is 30.9 Å². The van der Waals surface area contributed by atoms with E-state index in [2.05, 4.69) is 15.5 Å². The Morgan fingerprint density at radius 1 is 1.21 bits per heavy atom. The Labute approximate surface area is 175 Å². The molecule has 5 nitrogen and oxygen atoms in total. The van der Waals surface area contributed by atoms with Crippen molar-refractivity contribution in [3.8, 4) is 0 Å². The Hall–Kier alpha value is -2.71. The van der Waals surface area contributed by atoms with Gasteiger partial charge in [0.2, 0.25) is 5.13 Å². The van der Waals surface area contributed by atoms with Crippen LogP contribution in [0.3, 0.4) is 0 Å². The monoisotopic (exact) mass is 427 g/mol. The maximum absolute atomic E-state index is 13.7. The number of furan rings is 1. The first-order valence-electron chi connectivity index (χ1n) is 8.94. The molecule has 0 saturated heterocycles. The molecule has 2 aromatic carbocycles. The van der Waals surface area contributed by atoms with Gasteiger partial charge in [0, 0.05) is 16.7 Å². The number of aromatic nitrogens is 2. The van der Waals surface area contributed by atoms with Gasteiger partial charge in [-0.25, -0.2) is 4.39 Å². The van der Waals surface area contributed by atoms with Crippen LogP contribution < -0.4 is 5.32 Å². The van der Waals surface area contributed by atoms with Crippen molar-refractivity contribution in [2.75, 3.05) is 5.32 Å². The summed E-state index contributed by atoms with van der Waals surface area (Å²) in [4.78, 5) is 12.7. The molecule has 29 heavy (non-hydrogen) atoms. The van der Waals surface area contributed by atoms with Gasteiger partial charge in [-0.2, -0.15) is 0 Å². The van der Waals surface area contributed by atoms with Crippen LogP contribution in [0.2, 0.25) is 0 Å². The molecule has 8 heteroatoms. The van der Waals surface area contributed by atoms with E-state index >= 15 is 0 Å². The van der Waals surface area contributed by atoms with Gasteiger partial charge in [0.15, 0.2) is 10.1 Å². The number of rotatable bonds is 5. The van der Waals surface area contributed by atoms with Crippen molar-refractivity contribution in [1.82, 2.24) is 10.2 Å². The number of carbonyl (C=O) groups excluding carboxylic acids is 1. The minimum absolute atomic E-state index is 0.246. The molecule has 0 aliphatic carbocycles. The van der Waals surface area contributed by atoms with Gasteiger partial charge in [0.05, 0.1) is 0 Å². The third-order valence-corrected chi connectivity index (χ3v) is 6.53. The van der Waals surface area contributed by atoms with E-state index in [4.69, 9.17) is 4.42 Å². The molecule has 2 aromatic heterocycles. The summed E-state index contributed by atoms with van der Waals surface area (Å²) in [5.41, 5.74) is 4.22. The fourth-order valence-electron chi connectivity index (χ4n) is 3.11. The highest BCUT2D eigenvalue weighted by Crippen LogP contribution is 2.31. The van der Waals surface area contributed by atoms with E-state index in [0.29, 0.717) is 20.8 Å². The van der Waals surface area contributed by atoms with E-state index in [-0.39, 0.29) is 17.5 Å². The first kappa shape index (κ1) is 19.6. The average Bonchev–Trinajstić information content (AvgIpc) is 3.26. The largest absolute Gasteiger partial charge is 0.450 e. The van der Waals surface area contributed by atoms with E-state index in [1.807, 2.05) is 32.9 Å². The van der Waals surface area contributed by atoms with Crippen LogP contribution in [0, 0.1) is 26.6 Å². The quantitative estimate of drug-likeness (QED) is 0.318. The van der Waals surface area contributed by atoms with Crippen LogP contribution in [0.5, 0.6) is 0 Å². The predicted molar refractivity (Wildman–Crippen MR) is 114 cm³/mol. The molecular weight excluding hydrogens is 409 g/mol. The summed E-state index contributed by atoms with van der Waals surface area (Å²) in [5.74, 6) is 0.0993. The smallest absolute Gasteiger partial charge is 0.293 e. The van der Waals surface area contributed by atoms with Crippen molar-refractivity contribution in [1.29, 1.82) is 0 Å². The van der Waals surface area contributed by atoms with Crippen molar-refractivity contribution < 1.29 is 13.6 Å². The molecule has 0 aliphatic heterocycles. The van der Waals surface area contributed by atoms with E-state index < -0.39 is 0 Å². The number of nitrogens with zero attached hydrogens (tertiary/aromatic N) is 2. The third kappa shape index (κ3) is 4.04. The summed E-state index contributed by atoms with van der Waals surface area (Å²) in [5, 5.41) is 12.1. The summed E-state index contributed by atoms with van der Waals surface area (Å²) >= 11 is 2.62. The normalized spacial score (nSPS) is 11.2. The summed E-state index contributed by atoms with van der Waals surface area (Å²) in [6.45, 7) is 5.85. The van der Waals surface area contributed by atoms with Gasteiger partial charge in [-0.3, -0.25) is 10.1 Å². The minimum Gasteiger partial charge on any atom is -0.450 e. The van der Waals surface area contributed by atoms with Gasteiger partial charge in [-0.15, -0.1) is 10.2 Å². The maximum Gasteiger partial charge on any atom is 0.293 e.